The van der Waals surface area contributed by atoms with E-state index in [1.165, 1.54) is 0 Å². The molecule has 0 atom stereocenters. The average molecular weight is 177 g/mol. The monoisotopic (exact) mass is 177 g/mol. The topological polar surface area (TPSA) is 29.9 Å². The molecule has 0 aliphatic heterocycles. The van der Waals surface area contributed by atoms with E-state index in [1.807, 2.05) is 31.7 Å². The maximum atomic E-state index is 5.35. The van der Waals surface area contributed by atoms with Crippen LogP contribution in [0.5, 0.6) is 0 Å². The number of rotatable bonds is 3. The molecule has 0 unspecified atom stereocenters. The number of nitrogens with one attached hydrogen (secondary N) is 1. The van der Waals surface area contributed by atoms with Crippen molar-refractivity contribution >= 4 is 0 Å². The van der Waals surface area contributed by atoms with Crippen LogP contribution in [0, 0.1) is 12.3 Å². The number of hydrogen-bond acceptors (Lipinski definition) is 2. The van der Waals surface area contributed by atoms with Gasteiger partial charge in [-0.2, -0.15) is 0 Å². The predicted octanol–water partition coefficient (Wildman–Crippen LogP) is 0.921. The second-order valence-electron chi connectivity index (χ2n) is 3.62. The van der Waals surface area contributed by atoms with Crippen LogP contribution in [0.15, 0.2) is 12.5 Å². The molecule has 0 spiro atoms. The van der Waals surface area contributed by atoms with Gasteiger partial charge in [-0.15, -0.1) is 6.42 Å². The quantitative estimate of drug-likeness (QED) is 0.696. The fourth-order valence-corrected chi connectivity index (χ4v) is 0.918. The second-order valence-corrected chi connectivity index (χ2v) is 3.62. The summed E-state index contributed by atoms with van der Waals surface area (Å²) in [6.45, 7) is 4.69. The highest BCUT2D eigenvalue weighted by molar-refractivity contribution is 5.09. The Morgan fingerprint density at radius 2 is 2.38 bits per heavy atom. The molecule has 1 N–H and O–H groups in total. The van der Waals surface area contributed by atoms with Crippen molar-refractivity contribution in [2.75, 3.05) is 0 Å². The Kier molecular flexibility index (Phi) is 2.74. The number of nitrogens with zero attached hydrogens (tertiary/aromatic N) is 2. The van der Waals surface area contributed by atoms with Gasteiger partial charge in [0.05, 0.1) is 17.6 Å². The van der Waals surface area contributed by atoms with E-state index in [0.29, 0.717) is 0 Å². The van der Waals surface area contributed by atoms with Gasteiger partial charge in [0.1, 0.15) is 0 Å². The standard InChI is InChI=1S/C10H15N3/c1-5-10(2,3)12-7-9-6-11-8-13(9)4/h1,6,8,12H,7H2,2-4H3. The summed E-state index contributed by atoms with van der Waals surface area (Å²) in [6.07, 6.45) is 8.96. The maximum absolute atomic E-state index is 5.35. The molecule has 13 heavy (non-hydrogen) atoms. The molecule has 0 bridgehead atoms. The van der Waals surface area contributed by atoms with Gasteiger partial charge in [0.25, 0.3) is 0 Å². The minimum Gasteiger partial charge on any atom is -0.337 e. The zero-order valence-corrected chi connectivity index (χ0v) is 8.33. The average Bonchev–Trinajstić information content (AvgIpc) is 2.48. The number of imidazole rings is 1. The molecule has 1 heterocycles. The molecule has 0 aromatic carbocycles. The van der Waals surface area contributed by atoms with Crippen LogP contribution >= 0.6 is 0 Å². The summed E-state index contributed by atoms with van der Waals surface area (Å²) < 4.78 is 1.97. The summed E-state index contributed by atoms with van der Waals surface area (Å²) in [5.41, 5.74) is 0.868. The first-order valence-corrected chi connectivity index (χ1v) is 4.23. The third-order valence-corrected chi connectivity index (χ3v) is 1.99. The van der Waals surface area contributed by atoms with Gasteiger partial charge < -0.3 is 4.57 Å². The highest BCUT2D eigenvalue weighted by atomic mass is 15.1. The minimum atomic E-state index is -0.260. The SMILES string of the molecule is C#CC(C)(C)NCc1cncn1C. The fraction of sp³-hybridized carbons (Fsp3) is 0.500. The van der Waals surface area contributed by atoms with Gasteiger partial charge in [0.15, 0.2) is 0 Å². The lowest BCUT2D eigenvalue weighted by Crippen LogP contribution is -2.37. The van der Waals surface area contributed by atoms with Crippen molar-refractivity contribution in [1.82, 2.24) is 14.9 Å². The Labute approximate surface area is 79.2 Å². The number of terminal acetylenes is 1. The highest BCUT2D eigenvalue weighted by Gasteiger charge is 2.12. The van der Waals surface area contributed by atoms with E-state index in [9.17, 15) is 0 Å². The van der Waals surface area contributed by atoms with Crippen molar-refractivity contribution in [2.24, 2.45) is 7.05 Å². The molecule has 0 radical (unpaired) electrons. The molecule has 0 amide bonds. The van der Waals surface area contributed by atoms with E-state index in [1.54, 1.807) is 6.33 Å². The van der Waals surface area contributed by atoms with Gasteiger partial charge in [-0.3, -0.25) is 5.32 Å². The Morgan fingerprint density at radius 3 is 2.85 bits per heavy atom. The fourth-order valence-electron chi connectivity index (χ4n) is 0.918. The lowest BCUT2D eigenvalue weighted by molar-refractivity contribution is 0.481. The van der Waals surface area contributed by atoms with E-state index < -0.39 is 0 Å². The van der Waals surface area contributed by atoms with E-state index in [4.69, 9.17) is 6.42 Å². The Bertz CT molecular complexity index is 317. The van der Waals surface area contributed by atoms with Crippen LogP contribution in [0.2, 0.25) is 0 Å². The van der Waals surface area contributed by atoms with Crippen molar-refractivity contribution < 1.29 is 0 Å². The molecule has 0 aliphatic carbocycles. The van der Waals surface area contributed by atoms with Crippen LogP contribution in [-0.2, 0) is 13.6 Å². The van der Waals surface area contributed by atoms with E-state index in [-0.39, 0.29) is 5.54 Å². The molecule has 1 rings (SSSR count). The molecule has 70 valence electrons. The first kappa shape index (κ1) is 9.82. The van der Waals surface area contributed by atoms with Gasteiger partial charge in [-0.25, -0.2) is 4.98 Å². The highest BCUT2D eigenvalue weighted by Crippen LogP contribution is 2.02. The van der Waals surface area contributed by atoms with Gasteiger partial charge in [0.2, 0.25) is 0 Å². The molecule has 3 heteroatoms. The van der Waals surface area contributed by atoms with Crippen LogP contribution in [-0.4, -0.2) is 15.1 Å². The van der Waals surface area contributed by atoms with Crippen LogP contribution in [0.1, 0.15) is 19.5 Å². The summed E-state index contributed by atoms with van der Waals surface area (Å²) >= 11 is 0. The molecular weight excluding hydrogens is 162 g/mol. The molecule has 3 nitrogen and oxygen atoms in total. The number of aromatic nitrogens is 2. The third-order valence-electron chi connectivity index (χ3n) is 1.99. The van der Waals surface area contributed by atoms with Crippen LogP contribution in [0.3, 0.4) is 0 Å². The van der Waals surface area contributed by atoms with E-state index in [0.717, 1.165) is 12.2 Å². The largest absolute Gasteiger partial charge is 0.337 e. The van der Waals surface area contributed by atoms with Crippen molar-refractivity contribution in [3.63, 3.8) is 0 Å². The number of aryl methyl sites for hydroxylation is 1. The summed E-state index contributed by atoms with van der Waals surface area (Å²) in [6, 6.07) is 0. The summed E-state index contributed by atoms with van der Waals surface area (Å²) in [5.74, 6) is 2.68. The summed E-state index contributed by atoms with van der Waals surface area (Å²) in [7, 11) is 1.97. The Hall–Kier alpha value is -1.27. The van der Waals surface area contributed by atoms with Crippen LogP contribution in [0.25, 0.3) is 0 Å². The Balaban J connectivity index is 2.54. The zero-order valence-electron chi connectivity index (χ0n) is 8.33. The normalized spacial score (nSPS) is 11.2. The van der Waals surface area contributed by atoms with Crippen molar-refractivity contribution in [1.29, 1.82) is 0 Å². The van der Waals surface area contributed by atoms with Gasteiger partial charge >= 0.3 is 0 Å². The van der Waals surface area contributed by atoms with Crippen molar-refractivity contribution in [3.05, 3.63) is 18.2 Å². The van der Waals surface area contributed by atoms with Gasteiger partial charge in [0, 0.05) is 19.8 Å². The zero-order chi connectivity index (χ0) is 9.90. The first-order chi connectivity index (χ1) is 6.05. The number of hydrogen-bond donors (Lipinski definition) is 1. The Morgan fingerprint density at radius 1 is 1.69 bits per heavy atom. The lowest BCUT2D eigenvalue weighted by atomic mass is 10.1. The van der Waals surface area contributed by atoms with Crippen LogP contribution < -0.4 is 5.32 Å². The smallest absolute Gasteiger partial charge is 0.0945 e. The maximum Gasteiger partial charge on any atom is 0.0945 e. The molecule has 0 saturated heterocycles. The minimum absolute atomic E-state index is 0.260. The lowest BCUT2D eigenvalue weighted by Gasteiger charge is -2.19. The first-order valence-electron chi connectivity index (χ1n) is 4.23. The molecule has 0 aliphatic rings. The molecule has 1 aromatic rings. The molecule has 0 saturated carbocycles. The van der Waals surface area contributed by atoms with E-state index in [2.05, 4.69) is 16.2 Å². The van der Waals surface area contributed by atoms with Crippen LogP contribution in [0.4, 0.5) is 0 Å². The molecule has 1 aromatic heterocycles. The molecular formula is C10H15N3. The predicted molar refractivity (Wildman–Crippen MR) is 53.0 cm³/mol. The third kappa shape index (κ3) is 2.60. The summed E-state index contributed by atoms with van der Waals surface area (Å²) in [5, 5.41) is 3.25. The van der Waals surface area contributed by atoms with Crippen molar-refractivity contribution in [2.45, 2.75) is 25.9 Å². The van der Waals surface area contributed by atoms with Gasteiger partial charge in [-0.1, -0.05) is 5.92 Å². The molecule has 0 fully saturated rings. The van der Waals surface area contributed by atoms with Gasteiger partial charge in [-0.05, 0) is 13.8 Å². The second kappa shape index (κ2) is 3.63. The van der Waals surface area contributed by atoms with E-state index >= 15 is 0 Å². The summed E-state index contributed by atoms with van der Waals surface area (Å²) in [4.78, 5) is 4.02. The van der Waals surface area contributed by atoms with Crippen molar-refractivity contribution in [3.8, 4) is 12.3 Å².